The molecule has 0 aromatic heterocycles. The summed E-state index contributed by atoms with van der Waals surface area (Å²) in [6.07, 6.45) is 0.917. The van der Waals surface area contributed by atoms with E-state index in [-0.39, 0.29) is 17.7 Å². The largest absolute Gasteiger partial charge is 0.508 e. The van der Waals surface area contributed by atoms with E-state index in [1.807, 2.05) is 18.7 Å². The summed E-state index contributed by atoms with van der Waals surface area (Å²) < 4.78 is 0. The normalized spacial score (nSPS) is 12.2. The van der Waals surface area contributed by atoms with Crippen LogP contribution in [-0.4, -0.2) is 28.6 Å². The molecule has 0 saturated carbocycles. The van der Waals surface area contributed by atoms with Crippen molar-refractivity contribution in [3.63, 3.8) is 0 Å². The molecule has 1 rings (SSSR count). The van der Waals surface area contributed by atoms with E-state index >= 15 is 0 Å². The van der Waals surface area contributed by atoms with Crippen molar-refractivity contribution >= 4 is 29.3 Å². The molecule has 1 unspecified atom stereocenters. The van der Waals surface area contributed by atoms with Crippen LogP contribution >= 0.6 is 23.4 Å². The summed E-state index contributed by atoms with van der Waals surface area (Å²) >= 11 is 7.77. The maximum atomic E-state index is 11.9. The molecule has 2 N–H and O–H groups in total. The first-order valence-corrected chi connectivity index (χ1v) is 7.45. The topological polar surface area (TPSA) is 49.3 Å². The third-order valence-electron chi connectivity index (χ3n) is 2.47. The number of nitrogens with one attached hydrogen (secondary N) is 1. The monoisotopic (exact) mass is 287 g/mol. The molecule has 1 amide bonds. The van der Waals surface area contributed by atoms with E-state index in [4.69, 9.17) is 11.6 Å². The standard InChI is InChI=1S/C13H18ClNO2S/c1-3-18-7-6-9(2)15-13(17)11-8-10(16)4-5-12(11)14/h4-5,8-9,16H,3,6-7H2,1-2H3,(H,15,17). The zero-order valence-corrected chi connectivity index (χ0v) is 12.1. The Hall–Kier alpha value is -0.870. The average Bonchev–Trinajstić information content (AvgIpc) is 2.32. The number of phenolic OH excluding ortho intramolecular Hbond substituents is 1. The first-order valence-electron chi connectivity index (χ1n) is 5.91. The summed E-state index contributed by atoms with van der Waals surface area (Å²) in [5.41, 5.74) is 0.312. The zero-order valence-electron chi connectivity index (χ0n) is 10.6. The fourth-order valence-corrected chi connectivity index (χ4v) is 2.48. The number of rotatable bonds is 6. The number of aromatic hydroxyl groups is 1. The molecule has 18 heavy (non-hydrogen) atoms. The van der Waals surface area contributed by atoms with Gasteiger partial charge in [-0.3, -0.25) is 4.79 Å². The predicted octanol–water partition coefficient (Wildman–Crippen LogP) is 3.31. The number of phenols is 1. The first kappa shape index (κ1) is 15.2. The Morgan fingerprint density at radius 2 is 2.28 bits per heavy atom. The zero-order chi connectivity index (χ0) is 13.5. The highest BCUT2D eigenvalue weighted by Gasteiger charge is 2.13. The third kappa shape index (κ3) is 4.78. The van der Waals surface area contributed by atoms with Crippen LogP contribution < -0.4 is 5.32 Å². The van der Waals surface area contributed by atoms with Crippen molar-refractivity contribution in [3.8, 4) is 5.75 Å². The van der Waals surface area contributed by atoms with Crippen LogP contribution in [0.4, 0.5) is 0 Å². The predicted molar refractivity (Wildman–Crippen MR) is 77.7 cm³/mol. The van der Waals surface area contributed by atoms with Crippen LogP contribution in [-0.2, 0) is 0 Å². The van der Waals surface area contributed by atoms with Crippen LogP contribution in [0.3, 0.4) is 0 Å². The second-order valence-electron chi connectivity index (χ2n) is 4.02. The van der Waals surface area contributed by atoms with Gasteiger partial charge in [0.25, 0.3) is 5.91 Å². The summed E-state index contributed by atoms with van der Waals surface area (Å²) in [7, 11) is 0. The highest BCUT2D eigenvalue weighted by molar-refractivity contribution is 7.99. The number of benzene rings is 1. The van der Waals surface area contributed by atoms with Crippen molar-refractivity contribution in [2.24, 2.45) is 0 Å². The Morgan fingerprint density at radius 3 is 2.94 bits per heavy atom. The van der Waals surface area contributed by atoms with Gasteiger partial charge in [0.05, 0.1) is 10.6 Å². The van der Waals surface area contributed by atoms with E-state index in [0.717, 1.165) is 17.9 Å². The molecule has 5 heteroatoms. The van der Waals surface area contributed by atoms with Gasteiger partial charge in [-0.25, -0.2) is 0 Å². The van der Waals surface area contributed by atoms with Crippen molar-refractivity contribution in [2.45, 2.75) is 26.3 Å². The number of thioether (sulfide) groups is 1. The molecule has 0 saturated heterocycles. The van der Waals surface area contributed by atoms with Gasteiger partial charge in [-0.1, -0.05) is 18.5 Å². The van der Waals surface area contributed by atoms with Crippen LogP contribution in [0.15, 0.2) is 18.2 Å². The molecule has 1 aromatic rings. The Balaban J connectivity index is 2.56. The average molecular weight is 288 g/mol. The number of halogens is 1. The maximum absolute atomic E-state index is 11.9. The van der Waals surface area contributed by atoms with E-state index in [1.54, 1.807) is 0 Å². The Morgan fingerprint density at radius 1 is 1.56 bits per heavy atom. The number of carbonyl (C=O) groups is 1. The van der Waals surface area contributed by atoms with Gasteiger partial charge in [0, 0.05) is 6.04 Å². The SMILES string of the molecule is CCSCCC(C)NC(=O)c1cc(O)ccc1Cl. The molecular weight excluding hydrogens is 270 g/mol. The van der Waals surface area contributed by atoms with Crippen molar-refractivity contribution < 1.29 is 9.90 Å². The first-order chi connectivity index (χ1) is 8.54. The van der Waals surface area contributed by atoms with Gasteiger partial charge in [0.1, 0.15) is 5.75 Å². The lowest BCUT2D eigenvalue weighted by molar-refractivity contribution is 0.0939. The van der Waals surface area contributed by atoms with Crippen molar-refractivity contribution in [3.05, 3.63) is 28.8 Å². The van der Waals surface area contributed by atoms with E-state index in [2.05, 4.69) is 12.2 Å². The lowest BCUT2D eigenvalue weighted by atomic mass is 10.1. The molecule has 0 heterocycles. The van der Waals surface area contributed by atoms with E-state index in [9.17, 15) is 9.90 Å². The molecular formula is C13H18ClNO2S. The van der Waals surface area contributed by atoms with Gasteiger partial charge in [-0.15, -0.1) is 0 Å². The molecule has 0 aliphatic rings. The number of hydrogen-bond acceptors (Lipinski definition) is 3. The van der Waals surface area contributed by atoms with Crippen LogP contribution in [0.25, 0.3) is 0 Å². The lowest BCUT2D eigenvalue weighted by Crippen LogP contribution is -2.33. The van der Waals surface area contributed by atoms with Crippen LogP contribution in [0.5, 0.6) is 5.75 Å². The van der Waals surface area contributed by atoms with Crippen molar-refractivity contribution in [1.82, 2.24) is 5.32 Å². The van der Waals surface area contributed by atoms with E-state index < -0.39 is 0 Å². The minimum Gasteiger partial charge on any atom is -0.508 e. The van der Waals surface area contributed by atoms with Gasteiger partial charge in [0.15, 0.2) is 0 Å². The van der Waals surface area contributed by atoms with Crippen LogP contribution in [0, 0.1) is 0 Å². The Labute approximate surface area is 117 Å². The molecule has 0 bridgehead atoms. The Kier molecular flexibility index (Phi) is 6.36. The van der Waals surface area contributed by atoms with Gasteiger partial charge >= 0.3 is 0 Å². The molecule has 100 valence electrons. The van der Waals surface area contributed by atoms with E-state index in [0.29, 0.717) is 10.6 Å². The lowest BCUT2D eigenvalue weighted by Gasteiger charge is -2.14. The van der Waals surface area contributed by atoms with E-state index in [1.165, 1.54) is 18.2 Å². The summed E-state index contributed by atoms with van der Waals surface area (Å²) in [6, 6.07) is 4.45. The molecule has 1 aromatic carbocycles. The van der Waals surface area contributed by atoms with Crippen molar-refractivity contribution in [2.75, 3.05) is 11.5 Å². The second kappa shape index (κ2) is 7.54. The molecule has 3 nitrogen and oxygen atoms in total. The Bertz CT molecular complexity index is 412. The summed E-state index contributed by atoms with van der Waals surface area (Å²) in [6.45, 7) is 4.07. The number of carbonyl (C=O) groups excluding carboxylic acids is 1. The highest BCUT2D eigenvalue weighted by atomic mass is 35.5. The fourth-order valence-electron chi connectivity index (χ4n) is 1.47. The summed E-state index contributed by atoms with van der Waals surface area (Å²) in [5, 5.41) is 12.6. The molecule has 0 spiro atoms. The summed E-state index contributed by atoms with van der Waals surface area (Å²) in [4.78, 5) is 11.9. The molecule has 0 fully saturated rings. The maximum Gasteiger partial charge on any atom is 0.253 e. The third-order valence-corrected chi connectivity index (χ3v) is 3.73. The highest BCUT2D eigenvalue weighted by Crippen LogP contribution is 2.21. The quantitative estimate of drug-likeness (QED) is 0.789. The molecule has 1 atom stereocenters. The summed E-state index contributed by atoms with van der Waals surface area (Å²) in [5.74, 6) is 1.90. The van der Waals surface area contributed by atoms with Gasteiger partial charge in [-0.2, -0.15) is 11.8 Å². The molecule has 0 aliphatic heterocycles. The number of amides is 1. The smallest absolute Gasteiger partial charge is 0.253 e. The number of hydrogen-bond donors (Lipinski definition) is 2. The van der Waals surface area contributed by atoms with Crippen molar-refractivity contribution in [1.29, 1.82) is 0 Å². The van der Waals surface area contributed by atoms with Gasteiger partial charge in [-0.05, 0) is 43.0 Å². The second-order valence-corrected chi connectivity index (χ2v) is 5.83. The molecule has 0 aliphatic carbocycles. The fraction of sp³-hybridized carbons (Fsp3) is 0.462. The van der Waals surface area contributed by atoms with Gasteiger partial charge < -0.3 is 10.4 Å². The minimum atomic E-state index is -0.245. The minimum absolute atomic E-state index is 0.0405. The molecule has 0 radical (unpaired) electrons. The van der Waals surface area contributed by atoms with Crippen LogP contribution in [0.1, 0.15) is 30.6 Å². The van der Waals surface area contributed by atoms with Crippen LogP contribution in [0.2, 0.25) is 5.02 Å². The van der Waals surface area contributed by atoms with Gasteiger partial charge in [0.2, 0.25) is 0 Å².